The number of halogens is 2. The molecule has 3 rings (SSSR count). The van der Waals surface area contributed by atoms with E-state index in [1.165, 1.54) is 12.3 Å². The van der Waals surface area contributed by atoms with Crippen LogP contribution in [0, 0.1) is 6.92 Å². The van der Waals surface area contributed by atoms with Gasteiger partial charge in [0, 0.05) is 11.8 Å². The fourth-order valence-corrected chi connectivity index (χ4v) is 2.26. The van der Waals surface area contributed by atoms with Crippen LogP contribution in [0.4, 0.5) is 0 Å². The lowest BCUT2D eigenvalue weighted by Crippen LogP contribution is -2.06. The fraction of sp³-hybridized carbons (Fsp3) is 0.125. The van der Waals surface area contributed by atoms with Gasteiger partial charge in [-0.1, -0.05) is 52.6 Å². The topological polar surface area (TPSA) is 78.1 Å². The van der Waals surface area contributed by atoms with E-state index in [1.807, 2.05) is 31.2 Å². The number of carbonyl (C=O) groups is 1. The molecule has 8 heteroatoms. The summed E-state index contributed by atoms with van der Waals surface area (Å²) < 4.78 is 10.2. The van der Waals surface area contributed by atoms with Gasteiger partial charge in [-0.2, -0.15) is 4.98 Å². The summed E-state index contributed by atoms with van der Waals surface area (Å²) in [4.78, 5) is 20.0. The standard InChI is InChI=1S/C16H11Cl2N3O3/c1-9-4-2-3-5-11(9)15-20-13(24-21-15)8-23-16(22)10-6-12(17)14(18)19-7-10/h2-7H,8H2,1H3. The largest absolute Gasteiger partial charge is 0.452 e. The molecule has 0 spiro atoms. The third kappa shape index (κ3) is 3.55. The average Bonchev–Trinajstić information content (AvgIpc) is 3.04. The summed E-state index contributed by atoms with van der Waals surface area (Å²) >= 11 is 11.5. The third-order valence-corrected chi connectivity index (χ3v) is 3.90. The summed E-state index contributed by atoms with van der Waals surface area (Å²) in [5.41, 5.74) is 2.05. The number of hydrogen-bond acceptors (Lipinski definition) is 6. The molecule has 0 aliphatic heterocycles. The molecule has 0 N–H and O–H groups in total. The number of nitrogens with zero attached hydrogens (tertiary/aromatic N) is 3. The minimum Gasteiger partial charge on any atom is -0.452 e. The Morgan fingerprint density at radius 3 is 2.83 bits per heavy atom. The predicted molar refractivity (Wildman–Crippen MR) is 87.8 cm³/mol. The second kappa shape index (κ2) is 6.98. The van der Waals surface area contributed by atoms with Crippen molar-refractivity contribution in [3.05, 3.63) is 63.7 Å². The molecule has 0 aliphatic rings. The van der Waals surface area contributed by atoms with Gasteiger partial charge in [0.25, 0.3) is 5.89 Å². The lowest BCUT2D eigenvalue weighted by atomic mass is 10.1. The molecule has 6 nitrogen and oxygen atoms in total. The lowest BCUT2D eigenvalue weighted by Gasteiger charge is -2.02. The van der Waals surface area contributed by atoms with E-state index < -0.39 is 5.97 Å². The minimum absolute atomic E-state index is 0.119. The van der Waals surface area contributed by atoms with Crippen LogP contribution in [-0.2, 0) is 11.3 Å². The molecule has 24 heavy (non-hydrogen) atoms. The van der Waals surface area contributed by atoms with Crippen molar-refractivity contribution >= 4 is 29.2 Å². The fourth-order valence-electron chi connectivity index (χ4n) is 1.99. The first kappa shape index (κ1) is 16.4. The van der Waals surface area contributed by atoms with Gasteiger partial charge in [-0.05, 0) is 18.6 Å². The van der Waals surface area contributed by atoms with Crippen molar-refractivity contribution in [2.75, 3.05) is 0 Å². The van der Waals surface area contributed by atoms with Gasteiger partial charge in [0.1, 0.15) is 5.15 Å². The summed E-state index contributed by atoms with van der Waals surface area (Å²) in [6.07, 6.45) is 1.28. The number of carbonyl (C=O) groups excluding carboxylic acids is 1. The van der Waals surface area contributed by atoms with Crippen LogP contribution in [0.15, 0.2) is 41.1 Å². The minimum atomic E-state index is -0.614. The summed E-state index contributed by atoms with van der Waals surface area (Å²) in [5, 5.41) is 4.19. The van der Waals surface area contributed by atoms with E-state index in [9.17, 15) is 4.79 Å². The monoisotopic (exact) mass is 363 g/mol. The molecular weight excluding hydrogens is 353 g/mol. The van der Waals surface area contributed by atoms with E-state index in [4.69, 9.17) is 32.5 Å². The van der Waals surface area contributed by atoms with Crippen LogP contribution in [0.1, 0.15) is 21.8 Å². The molecule has 0 radical (unpaired) electrons. The van der Waals surface area contributed by atoms with Gasteiger partial charge in [0.15, 0.2) is 6.61 Å². The van der Waals surface area contributed by atoms with Crippen LogP contribution < -0.4 is 0 Å². The molecule has 0 bridgehead atoms. The number of hydrogen-bond donors (Lipinski definition) is 0. The van der Waals surface area contributed by atoms with E-state index in [0.717, 1.165) is 11.1 Å². The first-order valence-corrected chi connectivity index (χ1v) is 7.67. The molecular formula is C16H11Cl2N3O3. The number of benzene rings is 1. The highest BCUT2D eigenvalue weighted by Gasteiger charge is 2.14. The Morgan fingerprint density at radius 1 is 1.29 bits per heavy atom. The highest BCUT2D eigenvalue weighted by atomic mass is 35.5. The molecule has 0 saturated heterocycles. The number of rotatable bonds is 4. The third-order valence-electron chi connectivity index (χ3n) is 3.21. The molecule has 0 atom stereocenters. The summed E-state index contributed by atoms with van der Waals surface area (Å²) in [7, 11) is 0. The molecule has 122 valence electrons. The van der Waals surface area contributed by atoms with Gasteiger partial charge in [0.2, 0.25) is 5.82 Å². The van der Waals surface area contributed by atoms with E-state index in [1.54, 1.807) is 0 Å². The molecule has 1 aromatic carbocycles. The van der Waals surface area contributed by atoms with Crippen LogP contribution in [0.3, 0.4) is 0 Å². The average molecular weight is 364 g/mol. The predicted octanol–water partition coefficient (Wildman–Crippen LogP) is 4.10. The van der Waals surface area contributed by atoms with E-state index in [2.05, 4.69) is 15.1 Å². The molecule has 2 aromatic heterocycles. The van der Waals surface area contributed by atoms with E-state index in [-0.39, 0.29) is 28.2 Å². The van der Waals surface area contributed by atoms with Crippen LogP contribution >= 0.6 is 23.2 Å². The second-order valence-electron chi connectivity index (χ2n) is 4.90. The first-order valence-electron chi connectivity index (χ1n) is 6.91. The molecule has 0 saturated carbocycles. The first-order chi connectivity index (χ1) is 11.5. The Balaban J connectivity index is 1.68. The quantitative estimate of drug-likeness (QED) is 0.512. The summed E-state index contributed by atoms with van der Waals surface area (Å²) in [6.45, 7) is 1.79. The van der Waals surface area contributed by atoms with Crippen LogP contribution in [0.25, 0.3) is 11.4 Å². The maximum Gasteiger partial charge on any atom is 0.340 e. The number of esters is 1. The van der Waals surface area contributed by atoms with Crippen LogP contribution in [0.5, 0.6) is 0 Å². The molecule has 0 unspecified atom stereocenters. The maximum atomic E-state index is 12.0. The van der Waals surface area contributed by atoms with Crippen molar-refractivity contribution in [3.8, 4) is 11.4 Å². The number of ether oxygens (including phenoxy) is 1. The van der Waals surface area contributed by atoms with E-state index in [0.29, 0.717) is 5.82 Å². The molecule has 3 aromatic rings. The van der Waals surface area contributed by atoms with Crippen LogP contribution in [-0.4, -0.2) is 21.1 Å². The number of aromatic nitrogens is 3. The highest BCUT2D eigenvalue weighted by Crippen LogP contribution is 2.21. The molecule has 2 heterocycles. The van der Waals surface area contributed by atoms with E-state index >= 15 is 0 Å². The van der Waals surface area contributed by atoms with Crippen LogP contribution in [0.2, 0.25) is 10.2 Å². The zero-order chi connectivity index (χ0) is 17.1. The van der Waals surface area contributed by atoms with Crippen molar-refractivity contribution in [3.63, 3.8) is 0 Å². The molecule has 0 aliphatic carbocycles. The van der Waals surface area contributed by atoms with Gasteiger partial charge in [0.05, 0.1) is 10.6 Å². The van der Waals surface area contributed by atoms with Gasteiger partial charge in [-0.15, -0.1) is 0 Å². The molecule has 0 fully saturated rings. The van der Waals surface area contributed by atoms with Gasteiger partial charge >= 0.3 is 5.97 Å². The highest BCUT2D eigenvalue weighted by molar-refractivity contribution is 6.41. The Hall–Kier alpha value is -2.44. The Labute approximate surface area is 147 Å². The SMILES string of the molecule is Cc1ccccc1-c1noc(COC(=O)c2cnc(Cl)c(Cl)c2)n1. The lowest BCUT2D eigenvalue weighted by molar-refractivity contribution is 0.0429. The maximum absolute atomic E-state index is 12.0. The number of pyridine rings is 1. The molecule has 0 amide bonds. The van der Waals surface area contributed by atoms with Gasteiger partial charge < -0.3 is 9.26 Å². The Kier molecular flexibility index (Phi) is 4.78. The number of aryl methyl sites for hydroxylation is 1. The van der Waals surface area contributed by atoms with Crippen molar-refractivity contribution < 1.29 is 14.1 Å². The van der Waals surface area contributed by atoms with Crippen molar-refractivity contribution in [1.29, 1.82) is 0 Å². The van der Waals surface area contributed by atoms with Crippen molar-refractivity contribution in [2.24, 2.45) is 0 Å². The van der Waals surface area contributed by atoms with Gasteiger partial charge in [-0.3, -0.25) is 0 Å². The second-order valence-corrected chi connectivity index (χ2v) is 5.66. The normalized spacial score (nSPS) is 10.6. The van der Waals surface area contributed by atoms with Crippen molar-refractivity contribution in [1.82, 2.24) is 15.1 Å². The van der Waals surface area contributed by atoms with Crippen molar-refractivity contribution in [2.45, 2.75) is 13.5 Å². The van der Waals surface area contributed by atoms with Gasteiger partial charge in [-0.25, -0.2) is 9.78 Å². The zero-order valence-electron chi connectivity index (χ0n) is 12.5. The smallest absolute Gasteiger partial charge is 0.340 e. The summed E-state index contributed by atoms with van der Waals surface area (Å²) in [6, 6.07) is 9.02. The zero-order valence-corrected chi connectivity index (χ0v) is 14.0. The Bertz CT molecular complexity index is 896. The summed E-state index contributed by atoms with van der Waals surface area (Å²) in [5.74, 6) is 0.0154. The Morgan fingerprint density at radius 2 is 2.08 bits per heavy atom.